The van der Waals surface area contributed by atoms with Crippen LogP contribution in [0.2, 0.25) is 0 Å². The van der Waals surface area contributed by atoms with Gasteiger partial charge in [-0.25, -0.2) is 9.78 Å². The Kier molecular flexibility index (Phi) is 6.16. The van der Waals surface area contributed by atoms with Crippen molar-refractivity contribution in [3.8, 4) is 0 Å². The summed E-state index contributed by atoms with van der Waals surface area (Å²) in [5.74, 6) is -0.234. The van der Waals surface area contributed by atoms with E-state index in [9.17, 15) is 9.59 Å². The molecular formula is C25H27N3O3. The van der Waals surface area contributed by atoms with Crippen molar-refractivity contribution in [1.29, 1.82) is 0 Å². The second-order valence-electron chi connectivity index (χ2n) is 7.93. The van der Waals surface area contributed by atoms with Crippen LogP contribution in [0.25, 0.3) is 10.9 Å². The highest BCUT2D eigenvalue weighted by Crippen LogP contribution is 2.27. The van der Waals surface area contributed by atoms with Gasteiger partial charge in [-0.3, -0.25) is 4.79 Å². The van der Waals surface area contributed by atoms with E-state index in [1.807, 2.05) is 67.6 Å². The zero-order valence-corrected chi connectivity index (χ0v) is 17.9. The number of carbonyl (C=O) groups excluding carboxylic acids is 2. The molecule has 2 aromatic carbocycles. The smallest absolute Gasteiger partial charge is 0.342 e. The van der Waals surface area contributed by atoms with Gasteiger partial charge in [0.05, 0.1) is 11.6 Å². The lowest BCUT2D eigenvalue weighted by atomic mass is 10.1. The summed E-state index contributed by atoms with van der Waals surface area (Å²) in [5, 5.41) is 3.78. The minimum atomic E-state index is -0.920. The van der Waals surface area contributed by atoms with Crippen LogP contribution in [0.5, 0.6) is 0 Å². The van der Waals surface area contributed by atoms with E-state index in [4.69, 9.17) is 9.72 Å². The number of amides is 1. The fourth-order valence-electron chi connectivity index (χ4n) is 3.86. The number of ether oxygens (including phenoxy) is 1. The molecule has 1 fully saturated rings. The molecule has 0 radical (unpaired) electrons. The Morgan fingerprint density at radius 3 is 2.42 bits per heavy atom. The van der Waals surface area contributed by atoms with Crippen molar-refractivity contribution in [3.63, 3.8) is 0 Å². The Hall–Kier alpha value is -3.41. The topological polar surface area (TPSA) is 71.5 Å². The largest absolute Gasteiger partial charge is 0.449 e. The average Bonchev–Trinajstić information content (AvgIpc) is 3.33. The summed E-state index contributed by atoms with van der Waals surface area (Å²) in [6.45, 7) is 5.21. The highest BCUT2D eigenvalue weighted by molar-refractivity contribution is 6.00. The molecule has 3 aromatic rings. The Bertz CT molecular complexity index is 1080. The number of pyridine rings is 1. The summed E-state index contributed by atoms with van der Waals surface area (Å²) in [4.78, 5) is 32.6. The van der Waals surface area contributed by atoms with E-state index in [-0.39, 0.29) is 11.9 Å². The van der Waals surface area contributed by atoms with E-state index in [0.717, 1.165) is 42.4 Å². The molecule has 2 unspecified atom stereocenters. The molecule has 1 aliphatic rings. The summed E-state index contributed by atoms with van der Waals surface area (Å²) < 4.78 is 5.57. The number of nitrogens with one attached hydrogen (secondary N) is 1. The van der Waals surface area contributed by atoms with E-state index in [2.05, 4.69) is 10.2 Å². The first-order valence-electron chi connectivity index (χ1n) is 10.7. The summed E-state index contributed by atoms with van der Waals surface area (Å²) in [6, 6.07) is 19.0. The van der Waals surface area contributed by atoms with E-state index >= 15 is 0 Å². The maximum atomic E-state index is 13.1. The number of anilines is 1. The number of rotatable bonds is 6. The first kappa shape index (κ1) is 20.8. The Morgan fingerprint density at radius 2 is 1.68 bits per heavy atom. The third kappa shape index (κ3) is 4.68. The average molecular weight is 418 g/mol. The zero-order valence-electron chi connectivity index (χ0n) is 17.9. The van der Waals surface area contributed by atoms with Crippen LogP contribution in [-0.4, -0.2) is 36.1 Å². The number of nitrogens with zero attached hydrogens (tertiary/aromatic N) is 2. The van der Waals surface area contributed by atoms with Gasteiger partial charge in [-0.2, -0.15) is 0 Å². The van der Waals surface area contributed by atoms with Gasteiger partial charge < -0.3 is 15.0 Å². The Labute approximate surface area is 182 Å². The van der Waals surface area contributed by atoms with E-state index in [1.165, 1.54) is 0 Å². The molecule has 0 saturated carbocycles. The number of fused-ring (bicyclic) bond motifs is 1. The lowest BCUT2D eigenvalue weighted by Crippen LogP contribution is -2.37. The number of esters is 1. The number of hydrogen-bond acceptors (Lipinski definition) is 5. The summed E-state index contributed by atoms with van der Waals surface area (Å²) >= 11 is 0. The molecule has 2 atom stereocenters. The highest BCUT2D eigenvalue weighted by atomic mass is 16.5. The van der Waals surface area contributed by atoms with Crippen molar-refractivity contribution in [2.45, 2.75) is 38.8 Å². The second kappa shape index (κ2) is 9.16. The van der Waals surface area contributed by atoms with Crippen LogP contribution in [0, 0.1) is 0 Å². The molecule has 4 rings (SSSR count). The molecule has 0 aliphatic carbocycles. The number of aromatic nitrogens is 1. The van der Waals surface area contributed by atoms with Gasteiger partial charge in [0.2, 0.25) is 0 Å². The van der Waals surface area contributed by atoms with E-state index in [1.54, 1.807) is 6.92 Å². The van der Waals surface area contributed by atoms with Gasteiger partial charge in [0, 0.05) is 18.5 Å². The minimum absolute atomic E-state index is 0.183. The van der Waals surface area contributed by atoms with Crippen molar-refractivity contribution in [2.75, 3.05) is 18.0 Å². The molecule has 160 valence electrons. The molecule has 6 nitrogen and oxygen atoms in total. The lowest BCUT2D eigenvalue weighted by Gasteiger charge is -2.22. The van der Waals surface area contributed by atoms with Crippen LogP contribution in [0.3, 0.4) is 0 Å². The number of hydrogen-bond donors (Lipinski definition) is 1. The SMILES string of the molecule is CC(OC(=O)c1cc2ccccc2nc1N1CCCC1)C(=O)NC(C)c1ccccc1. The van der Waals surface area contributed by atoms with Crippen LogP contribution < -0.4 is 10.2 Å². The van der Waals surface area contributed by atoms with Crippen LogP contribution in [0.4, 0.5) is 5.82 Å². The Morgan fingerprint density at radius 1 is 1.00 bits per heavy atom. The minimum Gasteiger partial charge on any atom is -0.449 e. The third-order valence-electron chi connectivity index (χ3n) is 5.64. The van der Waals surface area contributed by atoms with Crippen LogP contribution in [0.1, 0.15) is 48.7 Å². The van der Waals surface area contributed by atoms with Crippen LogP contribution >= 0.6 is 0 Å². The first-order chi connectivity index (χ1) is 15.0. The molecule has 1 amide bonds. The predicted molar refractivity (Wildman–Crippen MR) is 121 cm³/mol. The van der Waals surface area contributed by atoms with E-state index in [0.29, 0.717) is 11.4 Å². The normalized spacial score (nSPS) is 15.5. The van der Waals surface area contributed by atoms with Crippen LogP contribution in [0.15, 0.2) is 60.7 Å². The van der Waals surface area contributed by atoms with Crippen molar-refractivity contribution in [3.05, 3.63) is 71.8 Å². The third-order valence-corrected chi connectivity index (χ3v) is 5.64. The molecule has 1 saturated heterocycles. The molecule has 0 spiro atoms. The molecule has 2 heterocycles. The predicted octanol–water partition coefficient (Wildman–Crippen LogP) is 4.26. The second-order valence-corrected chi connectivity index (χ2v) is 7.93. The summed E-state index contributed by atoms with van der Waals surface area (Å²) in [6.07, 6.45) is 1.22. The maximum Gasteiger partial charge on any atom is 0.342 e. The van der Waals surface area contributed by atoms with Gasteiger partial charge in [-0.15, -0.1) is 0 Å². The van der Waals surface area contributed by atoms with Gasteiger partial charge in [-0.1, -0.05) is 48.5 Å². The van der Waals surface area contributed by atoms with Gasteiger partial charge in [0.1, 0.15) is 11.4 Å². The molecule has 6 heteroatoms. The fourth-order valence-corrected chi connectivity index (χ4v) is 3.86. The molecular weight excluding hydrogens is 390 g/mol. The summed E-state index contributed by atoms with van der Waals surface area (Å²) in [5.41, 5.74) is 2.23. The van der Waals surface area contributed by atoms with Crippen molar-refractivity contribution < 1.29 is 14.3 Å². The standard InChI is InChI=1S/C25H27N3O3/c1-17(19-10-4-3-5-11-19)26-24(29)18(2)31-25(30)21-16-20-12-6-7-13-22(20)27-23(21)28-14-8-9-15-28/h3-7,10-13,16-18H,8-9,14-15H2,1-2H3,(H,26,29). The number of para-hydroxylation sites is 1. The number of carbonyl (C=O) groups is 2. The van der Waals surface area contributed by atoms with Gasteiger partial charge in [0.25, 0.3) is 5.91 Å². The molecule has 1 aliphatic heterocycles. The molecule has 31 heavy (non-hydrogen) atoms. The monoisotopic (exact) mass is 417 g/mol. The van der Waals surface area contributed by atoms with Gasteiger partial charge in [-0.05, 0) is 44.4 Å². The fraction of sp³-hybridized carbons (Fsp3) is 0.320. The quantitative estimate of drug-likeness (QED) is 0.607. The van der Waals surface area contributed by atoms with Crippen molar-refractivity contribution in [1.82, 2.24) is 10.3 Å². The molecule has 1 aromatic heterocycles. The molecule has 1 N–H and O–H groups in total. The lowest BCUT2D eigenvalue weighted by molar-refractivity contribution is -0.129. The van der Waals surface area contributed by atoms with Crippen molar-refractivity contribution in [2.24, 2.45) is 0 Å². The Balaban J connectivity index is 1.52. The van der Waals surface area contributed by atoms with Gasteiger partial charge >= 0.3 is 5.97 Å². The van der Waals surface area contributed by atoms with Crippen molar-refractivity contribution >= 4 is 28.6 Å². The maximum absolute atomic E-state index is 13.1. The highest BCUT2D eigenvalue weighted by Gasteiger charge is 2.26. The summed E-state index contributed by atoms with van der Waals surface area (Å²) in [7, 11) is 0. The van der Waals surface area contributed by atoms with Gasteiger partial charge in [0.15, 0.2) is 6.10 Å². The van der Waals surface area contributed by atoms with E-state index < -0.39 is 12.1 Å². The first-order valence-corrected chi connectivity index (χ1v) is 10.7. The van der Waals surface area contributed by atoms with Crippen LogP contribution in [-0.2, 0) is 9.53 Å². The number of benzene rings is 2. The molecule has 0 bridgehead atoms. The zero-order chi connectivity index (χ0) is 21.8.